The molecular formula is C15H19NO2S. The summed E-state index contributed by atoms with van der Waals surface area (Å²) in [7, 11) is 0. The third-order valence-corrected chi connectivity index (χ3v) is 4.40. The molecule has 3 N–H and O–H groups in total. The van der Waals surface area contributed by atoms with Gasteiger partial charge in [0.1, 0.15) is 0 Å². The molecule has 0 amide bonds. The molecule has 0 aliphatic carbocycles. The van der Waals surface area contributed by atoms with Gasteiger partial charge in [0, 0.05) is 28.9 Å². The molecule has 1 heterocycles. The molecule has 3 nitrogen and oxygen atoms in total. The Bertz CT molecular complexity index is 535. The molecule has 0 radical (unpaired) electrons. The van der Waals surface area contributed by atoms with Crippen LogP contribution in [0, 0.1) is 0 Å². The van der Waals surface area contributed by atoms with Crippen LogP contribution in [0.3, 0.4) is 0 Å². The summed E-state index contributed by atoms with van der Waals surface area (Å²) in [5, 5.41) is 24.6. The minimum atomic E-state index is -0.0724. The Kier molecular flexibility index (Phi) is 4.12. The number of thiophene rings is 1. The number of phenolic OH excluding ortho intramolecular Hbond substituents is 2. The van der Waals surface area contributed by atoms with Crippen molar-refractivity contribution >= 4 is 11.3 Å². The van der Waals surface area contributed by atoms with E-state index in [2.05, 4.69) is 36.7 Å². The normalized spacial score (nSPS) is 11.7. The molecule has 0 atom stereocenters. The van der Waals surface area contributed by atoms with E-state index >= 15 is 0 Å². The predicted molar refractivity (Wildman–Crippen MR) is 78.8 cm³/mol. The van der Waals surface area contributed by atoms with Crippen LogP contribution in [0.15, 0.2) is 35.7 Å². The fourth-order valence-corrected chi connectivity index (χ4v) is 2.83. The van der Waals surface area contributed by atoms with Crippen molar-refractivity contribution in [2.75, 3.05) is 6.54 Å². The topological polar surface area (TPSA) is 52.5 Å². The third-order valence-electron chi connectivity index (χ3n) is 3.17. The standard InChI is InChI=1S/C15H19NO2S/c1-15(2,13-7-4-8-19-13)10-16-9-11-5-3-6-12(17)14(11)18/h3-8,16-18H,9-10H2,1-2H3. The van der Waals surface area contributed by atoms with E-state index in [9.17, 15) is 10.2 Å². The number of hydrogen-bond acceptors (Lipinski definition) is 4. The molecule has 0 spiro atoms. The molecule has 1 aromatic heterocycles. The lowest BCUT2D eigenvalue weighted by molar-refractivity contribution is 0.395. The van der Waals surface area contributed by atoms with Gasteiger partial charge in [-0.05, 0) is 17.5 Å². The summed E-state index contributed by atoms with van der Waals surface area (Å²) in [6, 6.07) is 9.21. The van der Waals surface area contributed by atoms with E-state index in [1.165, 1.54) is 10.9 Å². The zero-order valence-electron chi connectivity index (χ0n) is 11.2. The number of aromatic hydroxyl groups is 2. The Labute approximate surface area is 117 Å². The molecule has 0 saturated carbocycles. The van der Waals surface area contributed by atoms with Gasteiger partial charge in [0.2, 0.25) is 0 Å². The monoisotopic (exact) mass is 277 g/mol. The fourth-order valence-electron chi connectivity index (χ4n) is 1.98. The number of hydrogen-bond donors (Lipinski definition) is 3. The Hall–Kier alpha value is -1.52. The van der Waals surface area contributed by atoms with E-state index in [1.54, 1.807) is 23.5 Å². The molecule has 0 unspecified atom stereocenters. The summed E-state index contributed by atoms with van der Waals surface area (Å²) in [6.07, 6.45) is 0. The molecule has 19 heavy (non-hydrogen) atoms. The predicted octanol–water partition coefficient (Wildman–Crippen LogP) is 3.23. The second-order valence-corrected chi connectivity index (χ2v) is 6.20. The molecule has 0 bridgehead atoms. The Morgan fingerprint density at radius 2 is 1.95 bits per heavy atom. The van der Waals surface area contributed by atoms with Gasteiger partial charge in [-0.15, -0.1) is 11.3 Å². The van der Waals surface area contributed by atoms with Crippen molar-refractivity contribution in [1.29, 1.82) is 0 Å². The highest BCUT2D eigenvalue weighted by Crippen LogP contribution is 2.29. The molecule has 2 rings (SSSR count). The lowest BCUT2D eigenvalue weighted by atomic mass is 9.91. The van der Waals surface area contributed by atoms with Crippen molar-refractivity contribution in [3.63, 3.8) is 0 Å². The first-order valence-electron chi connectivity index (χ1n) is 6.25. The van der Waals surface area contributed by atoms with Crippen LogP contribution in [0.5, 0.6) is 11.5 Å². The van der Waals surface area contributed by atoms with Gasteiger partial charge in [-0.1, -0.05) is 32.0 Å². The van der Waals surface area contributed by atoms with E-state index in [0.717, 1.165) is 6.54 Å². The van der Waals surface area contributed by atoms with Gasteiger partial charge in [0.25, 0.3) is 0 Å². The zero-order chi connectivity index (χ0) is 13.9. The van der Waals surface area contributed by atoms with Crippen LogP contribution >= 0.6 is 11.3 Å². The van der Waals surface area contributed by atoms with E-state index in [4.69, 9.17) is 0 Å². The second-order valence-electron chi connectivity index (χ2n) is 5.25. The van der Waals surface area contributed by atoms with Crippen LogP contribution < -0.4 is 5.32 Å². The highest BCUT2D eigenvalue weighted by Gasteiger charge is 2.21. The molecule has 0 saturated heterocycles. The van der Waals surface area contributed by atoms with Crippen LogP contribution in [0.25, 0.3) is 0 Å². The van der Waals surface area contributed by atoms with E-state index in [0.29, 0.717) is 12.1 Å². The smallest absolute Gasteiger partial charge is 0.161 e. The average Bonchev–Trinajstić information content (AvgIpc) is 2.89. The molecular weight excluding hydrogens is 258 g/mol. The first kappa shape index (κ1) is 13.9. The van der Waals surface area contributed by atoms with E-state index in [1.807, 2.05) is 0 Å². The minimum absolute atomic E-state index is 0.0380. The third kappa shape index (κ3) is 3.28. The SMILES string of the molecule is CC(C)(CNCc1cccc(O)c1O)c1cccs1. The van der Waals surface area contributed by atoms with Crippen LogP contribution in [0.1, 0.15) is 24.3 Å². The maximum Gasteiger partial charge on any atom is 0.161 e. The first-order valence-corrected chi connectivity index (χ1v) is 7.13. The highest BCUT2D eigenvalue weighted by molar-refractivity contribution is 7.10. The maximum absolute atomic E-state index is 9.72. The summed E-state index contributed by atoms with van der Waals surface area (Å²) in [4.78, 5) is 1.33. The molecule has 0 aliphatic rings. The second kappa shape index (κ2) is 5.63. The van der Waals surface area contributed by atoms with Gasteiger partial charge < -0.3 is 15.5 Å². The Balaban J connectivity index is 1.95. The van der Waals surface area contributed by atoms with Crippen molar-refractivity contribution in [2.45, 2.75) is 25.8 Å². The maximum atomic E-state index is 9.72. The van der Waals surface area contributed by atoms with Crippen molar-refractivity contribution < 1.29 is 10.2 Å². The van der Waals surface area contributed by atoms with Gasteiger partial charge in [0.15, 0.2) is 11.5 Å². The first-order chi connectivity index (χ1) is 9.00. The largest absolute Gasteiger partial charge is 0.504 e. The van der Waals surface area contributed by atoms with Gasteiger partial charge in [0.05, 0.1) is 0 Å². The van der Waals surface area contributed by atoms with Crippen molar-refractivity contribution in [3.8, 4) is 11.5 Å². The zero-order valence-corrected chi connectivity index (χ0v) is 12.0. The lowest BCUT2D eigenvalue weighted by Crippen LogP contribution is -2.31. The summed E-state index contributed by atoms with van der Waals surface area (Å²) >= 11 is 1.75. The summed E-state index contributed by atoms with van der Waals surface area (Å²) in [5.41, 5.74) is 0.766. The number of rotatable bonds is 5. The number of benzene rings is 1. The summed E-state index contributed by atoms with van der Waals surface area (Å²) < 4.78 is 0. The summed E-state index contributed by atoms with van der Waals surface area (Å²) in [5.74, 6) is -0.110. The minimum Gasteiger partial charge on any atom is -0.504 e. The van der Waals surface area contributed by atoms with Crippen molar-refractivity contribution in [2.24, 2.45) is 0 Å². The van der Waals surface area contributed by atoms with Gasteiger partial charge in [-0.2, -0.15) is 0 Å². The molecule has 0 aliphatic heterocycles. The van der Waals surface area contributed by atoms with Crippen LogP contribution in [-0.2, 0) is 12.0 Å². The van der Waals surface area contributed by atoms with Gasteiger partial charge in [-0.3, -0.25) is 0 Å². The van der Waals surface area contributed by atoms with Crippen molar-refractivity contribution in [3.05, 3.63) is 46.2 Å². The molecule has 2 aromatic rings. The van der Waals surface area contributed by atoms with Crippen LogP contribution in [-0.4, -0.2) is 16.8 Å². The fraction of sp³-hybridized carbons (Fsp3) is 0.333. The highest BCUT2D eigenvalue weighted by atomic mass is 32.1. The summed E-state index contributed by atoms with van der Waals surface area (Å²) in [6.45, 7) is 5.72. The van der Waals surface area contributed by atoms with E-state index in [-0.39, 0.29) is 16.9 Å². The van der Waals surface area contributed by atoms with Gasteiger partial charge in [-0.25, -0.2) is 0 Å². The van der Waals surface area contributed by atoms with Crippen LogP contribution in [0.2, 0.25) is 0 Å². The number of phenols is 2. The Morgan fingerprint density at radius 3 is 2.63 bits per heavy atom. The lowest BCUT2D eigenvalue weighted by Gasteiger charge is -2.24. The molecule has 4 heteroatoms. The number of nitrogens with one attached hydrogen (secondary N) is 1. The molecule has 1 aromatic carbocycles. The quantitative estimate of drug-likeness (QED) is 0.735. The van der Waals surface area contributed by atoms with Gasteiger partial charge >= 0.3 is 0 Å². The molecule has 102 valence electrons. The van der Waals surface area contributed by atoms with Crippen molar-refractivity contribution in [1.82, 2.24) is 5.32 Å². The molecule has 0 fully saturated rings. The number of para-hydroxylation sites is 1. The average molecular weight is 277 g/mol. The Morgan fingerprint density at radius 1 is 1.16 bits per heavy atom. The van der Waals surface area contributed by atoms with E-state index < -0.39 is 0 Å². The van der Waals surface area contributed by atoms with Crippen LogP contribution in [0.4, 0.5) is 0 Å².